The van der Waals surface area contributed by atoms with E-state index in [1.807, 2.05) is 6.92 Å². The van der Waals surface area contributed by atoms with Crippen molar-refractivity contribution in [3.05, 3.63) is 82.9 Å². The van der Waals surface area contributed by atoms with Crippen LogP contribution in [0.4, 0.5) is 11.4 Å². The lowest BCUT2D eigenvalue weighted by atomic mass is 10.2. The lowest BCUT2D eigenvalue weighted by Gasteiger charge is -2.07. The molecule has 0 saturated carbocycles. The number of benzene rings is 3. The van der Waals surface area contributed by atoms with Crippen molar-refractivity contribution in [3.63, 3.8) is 0 Å². The molecule has 0 atom stereocenters. The molecule has 3 aromatic rings. The SMILES string of the molecule is CCOc1cccc(C=Nc2ccc(NC(=O)c3cccc(Cl)c3)cc2)c1O. The number of anilines is 1. The molecule has 0 bridgehead atoms. The van der Waals surface area contributed by atoms with Crippen molar-refractivity contribution < 1.29 is 14.6 Å². The lowest BCUT2D eigenvalue weighted by Crippen LogP contribution is -2.11. The molecule has 142 valence electrons. The highest BCUT2D eigenvalue weighted by Gasteiger charge is 2.07. The Labute approximate surface area is 168 Å². The molecular formula is C22H19ClN2O3. The molecule has 5 nitrogen and oxygen atoms in total. The number of amides is 1. The number of nitrogens with zero attached hydrogens (tertiary/aromatic N) is 1. The van der Waals surface area contributed by atoms with Gasteiger partial charge in [0.25, 0.3) is 5.91 Å². The van der Waals surface area contributed by atoms with Gasteiger partial charge in [-0.25, -0.2) is 0 Å². The molecule has 3 aromatic carbocycles. The van der Waals surface area contributed by atoms with E-state index in [0.29, 0.717) is 39.9 Å². The number of rotatable bonds is 6. The summed E-state index contributed by atoms with van der Waals surface area (Å²) >= 11 is 5.91. The average Bonchev–Trinajstić information content (AvgIpc) is 2.70. The molecule has 0 aliphatic rings. The maximum absolute atomic E-state index is 12.2. The van der Waals surface area contributed by atoms with Gasteiger partial charge in [0.2, 0.25) is 0 Å². The first-order chi connectivity index (χ1) is 13.6. The first kappa shape index (κ1) is 19.5. The fourth-order valence-electron chi connectivity index (χ4n) is 2.52. The molecule has 28 heavy (non-hydrogen) atoms. The highest BCUT2D eigenvalue weighted by molar-refractivity contribution is 6.31. The van der Waals surface area contributed by atoms with Crippen molar-refractivity contribution >= 4 is 35.1 Å². The zero-order valence-electron chi connectivity index (χ0n) is 15.2. The van der Waals surface area contributed by atoms with Crippen molar-refractivity contribution in [2.45, 2.75) is 6.92 Å². The Kier molecular flexibility index (Phi) is 6.29. The topological polar surface area (TPSA) is 70.9 Å². The molecule has 1 amide bonds. The summed E-state index contributed by atoms with van der Waals surface area (Å²) in [5.41, 5.74) is 2.37. The third-order valence-corrected chi connectivity index (χ3v) is 4.13. The first-order valence-electron chi connectivity index (χ1n) is 8.72. The van der Waals surface area contributed by atoms with Crippen molar-refractivity contribution in [1.29, 1.82) is 0 Å². The van der Waals surface area contributed by atoms with Crippen LogP contribution in [0.15, 0.2) is 71.7 Å². The van der Waals surface area contributed by atoms with Gasteiger partial charge in [0.15, 0.2) is 11.5 Å². The van der Waals surface area contributed by atoms with Gasteiger partial charge in [-0.15, -0.1) is 0 Å². The maximum Gasteiger partial charge on any atom is 0.255 e. The van der Waals surface area contributed by atoms with Crippen molar-refractivity contribution in [2.75, 3.05) is 11.9 Å². The quantitative estimate of drug-likeness (QED) is 0.546. The number of carbonyl (C=O) groups is 1. The predicted octanol–water partition coefficient (Wildman–Crippen LogP) is 5.45. The molecule has 3 rings (SSSR count). The highest BCUT2D eigenvalue weighted by atomic mass is 35.5. The van der Waals surface area contributed by atoms with E-state index >= 15 is 0 Å². The van der Waals surface area contributed by atoms with Crippen LogP contribution >= 0.6 is 11.6 Å². The fraction of sp³-hybridized carbons (Fsp3) is 0.0909. The molecule has 0 saturated heterocycles. The number of halogens is 1. The van der Waals surface area contributed by atoms with Crippen LogP contribution in [-0.2, 0) is 0 Å². The van der Waals surface area contributed by atoms with Gasteiger partial charge in [0, 0.05) is 28.1 Å². The normalized spacial score (nSPS) is 10.8. The second-order valence-corrected chi connectivity index (χ2v) is 6.33. The molecule has 0 fully saturated rings. The molecule has 2 N–H and O–H groups in total. The molecule has 0 heterocycles. The summed E-state index contributed by atoms with van der Waals surface area (Å²) in [6.45, 7) is 2.32. The van der Waals surface area contributed by atoms with Crippen LogP contribution in [0.1, 0.15) is 22.8 Å². The second-order valence-electron chi connectivity index (χ2n) is 5.90. The number of hydrogen-bond acceptors (Lipinski definition) is 4. The Morgan fingerprint density at radius 1 is 1.14 bits per heavy atom. The van der Waals surface area contributed by atoms with E-state index in [1.54, 1.807) is 72.9 Å². The van der Waals surface area contributed by atoms with E-state index in [2.05, 4.69) is 10.3 Å². The third kappa shape index (κ3) is 4.90. The maximum atomic E-state index is 12.2. The minimum absolute atomic E-state index is 0.0542. The van der Waals surface area contributed by atoms with E-state index in [4.69, 9.17) is 16.3 Å². The van der Waals surface area contributed by atoms with E-state index in [1.165, 1.54) is 0 Å². The summed E-state index contributed by atoms with van der Waals surface area (Å²) in [7, 11) is 0. The van der Waals surface area contributed by atoms with Crippen LogP contribution in [0.5, 0.6) is 11.5 Å². The van der Waals surface area contributed by atoms with Gasteiger partial charge in [-0.2, -0.15) is 0 Å². The van der Waals surface area contributed by atoms with Crippen LogP contribution in [0.3, 0.4) is 0 Å². The number of nitrogens with one attached hydrogen (secondary N) is 1. The molecule has 0 aromatic heterocycles. The Bertz CT molecular complexity index is 1000. The minimum atomic E-state index is -0.239. The summed E-state index contributed by atoms with van der Waals surface area (Å²) in [6, 6.07) is 19.0. The van der Waals surface area contributed by atoms with Crippen molar-refractivity contribution in [3.8, 4) is 11.5 Å². The van der Waals surface area contributed by atoms with E-state index in [0.717, 1.165) is 0 Å². The third-order valence-electron chi connectivity index (χ3n) is 3.89. The van der Waals surface area contributed by atoms with Crippen LogP contribution in [0.2, 0.25) is 5.02 Å². The number of aliphatic imine (C=N–C) groups is 1. The van der Waals surface area contributed by atoms with Gasteiger partial charge in [-0.05, 0) is 61.5 Å². The standard InChI is InChI=1S/C22H19ClN2O3/c1-2-28-20-8-4-6-16(21(20)26)14-24-18-9-11-19(12-10-18)25-22(27)15-5-3-7-17(23)13-15/h3-14,26H,2H2,1H3,(H,25,27). The molecular weight excluding hydrogens is 376 g/mol. The molecule has 0 unspecified atom stereocenters. The lowest BCUT2D eigenvalue weighted by molar-refractivity contribution is 0.102. The molecule has 0 spiro atoms. The summed E-state index contributed by atoms with van der Waals surface area (Å²) in [6.07, 6.45) is 1.57. The monoisotopic (exact) mass is 394 g/mol. The number of phenols is 1. The second kappa shape index (κ2) is 9.06. The Hall–Kier alpha value is -3.31. The van der Waals surface area contributed by atoms with Gasteiger partial charge in [0.1, 0.15) is 0 Å². The molecule has 0 aliphatic carbocycles. The number of hydrogen-bond donors (Lipinski definition) is 2. The van der Waals surface area contributed by atoms with E-state index < -0.39 is 0 Å². The summed E-state index contributed by atoms with van der Waals surface area (Å²) in [5.74, 6) is 0.237. The van der Waals surface area contributed by atoms with Gasteiger partial charge in [-0.3, -0.25) is 9.79 Å². The molecule has 0 aliphatic heterocycles. The number of ether oxygens (including phenoxy) is 1. The Morgan fingerprint density at radius 2 is 1.89 bits per heavy atom. The molecule has 0 radical (unpaired) electrons. The van der Waals surface area contributed by atoms with Crippen LogP contribution in [0.25, 0.3) is 0 Å². The largest absolute Gasteiger partial charge is 0.504 e. The first-order valence-corrected chi connectivity index (χ1v) is 9.10. The van der Waals surface area contributed by atoms with E-state index in [9.17, 15) is 9.90 Å². The van der Waals surface area contributed by atoms with E-state index in [-0.39, 0.29) is 11.7 Å². The van der Waals surface area contributed by atoms with Crippen LogP contribution in [-0.4, -0.2) is 23.8 Å². The summed E-state index contributed by atoms with van der Waals surface area (Å²) < 4.78 is 5.37. The summed E-state index contributed by atoms with van der Waals surface area (Å²) in [5, 5.41) is 13.5. The molecule has 6 heteroatoms. The Morgan fingerprint density at radius 3 is 2.61 bits per heavy atom. The van der Waals surface area contributed by atoms with Crippen molar-refractivity contribution in [1.82, 2.24) is 0 Å². The fourth-order valence-corrected chi connectivity index (χ4v) is 2.71. The zero-order valence-corrected chi connectivity index (χ0v) is 16.0. The Balaban J connectivity index is 1.69. The summed E-state index contributed by atoms with van der Waals surface area (Å²) in [4.78, 5) is 16.6. The highest BCUT2D eigenvalue weighted by Crippen LogP contribution is 2.29. The van der Waals surface area contributed by atoms with Gasteiger partial charge >= 0.3 is 0 Å². The predicted molar refractivity (Wildman–Crippen MR) is 112 cm³/mol. The van der Waals surface area contributed by atoms with Crippen molar-refractivity contribution in [2.24, 2.45) is 4.99 Å². The van der Waals surface area contributed by atoms with Crippen LogP contribution in [0, 0.1) is 0 Å². The number of aromatic hydroxyl groups is 1. The minimum Gasteiger partial charge on any atom is -0.504 e. The number of carbonyl (C=O) groups excluding carboxylic acids is 1. The van der Waals surface area contributed by atoms with Crippen LogP contribution < -0.4 is 10.1 Å². The zero-order chi connectivity index (χ0) is 19.9. The number of para-hydroxylation sites is 1. The smallest absolute Gasteiger partial charge is 0.255 e. The average molecular weight is 395 g/mol. The van der Waals surface area contributed by atoms with Gasteiger partial charge in [0.05, 0.1) is 12.3 Å². The van der Waals surface area contributed by atoms with Gasteiger partial charge < -0.3 is 15.2 Å². The van der Waals surface area contributed by atoms with Gasteiger partial charge in [-0.1, -0.05) is 23.7 Å². The number of phenolic OH excluding ortho intramolecular Hbond substituents is 1.